The second-order valence-corrected chi connectivity index (χ2v) is 25.6. The molecule has 81 heavy (non-hydrogen) atoms. The van der Waals surface area contributed by atoms with Crippen LogP contribution in [0, 0.1) is 0 Å². The minimum atomic E-state index is -0.668. The molecule has 0 bridgehead atoms. The highest BCUT2D eigenvalue weighted by Crippen LogP contribution is 2.19. The van der Waals surface area contributed by atoms with Gasteiger partial charge >= 0.3 is 5.97 Å². The van der Waals surface area contributed by atoms with Crippen LogP contribution in [-0.2, 0) is 14.3 Å². The normalized spacial score (nSPS) is 12.6. The molecule has 0 fully saturated rings. The summed E-state index contributed by atoms with van der Waals surface area (Å²) in [5.41, 5.74) is 0. The van der Waals surface area contributed by atoms with Gasteiger partial charge in [0.1, 0.15) is 0 Å². The largest absolute Gasteiger partial charge is 0.466 e. The van der Waals surface area contributed by atoms with Crippen molar-refractivity contribution in [2.75, 3.05) is 13.2 Å². The van der Waals surface area contributed by atoms with Crippen molar-refractivity contribution >= 4 is 11.9 Å². The summed E-state index contributed by atoms with van der Waals surface area (Å²) in [6.07, 6.45) is 89.5. The van der Waals surface area contributed by atoms with Gasteiger partial charge in [-0.2, -0.15) is 0 Å². The van der Waals surface area contributed by atoms with E-state index in [4.69, 9.17) is 4.74 Å². The van der Waals surface area contributed by atoms with Gasteiger partial charge in [0.15, 0.2) is 0 Å². The number of hydrogen-bond donors (Lipinski definition) is 3. The zero-order valence-electron chi connectivity index (χ0n) is 55.0. The van der Waals surface area contributed by atoms with Crippen LogP contribution in [0.1, 0.15) is 418 Å². The van der Waals surface area contributed by atoms with Crippen molar-refractivity contribution in [1.82, 2.24) is 5.32 Å². The van der Waals surface area contributed by atoms with E-state index in [9.17, 15) is 19.8 Å². The Morgan fingerprint density at radius 2 is 0.580 bits per heavy atom. The fourth-order valence-corrected chi connectivity index (χ4v) is 11.8. The number of ether oxygens (including phenoxy) is 1. The number of nitrogens with one attached hydrogen (secondary N) is 1. The van der Waals surface area contributed by atoms with Crippen molar-refractivity contribution in [2.24, 2.45) is 0 Å². The minimum Gasteiger partial charge on any atom is -0.466 e. The number of carbonyl (C=O) groups excluding carboxylic acids is 2. The lowest BCUT2D eigenvalue weighted by Crippen LogP contribution is -2.45. The van der Waals surface area contributed by atoms with Crippen LogP contribution in [0.4, 0.5) is 0 Å². The molecule has 0 saturated carbocycles. The SMILES string of the molecule is CCCCCCCCC/C=C\CCCCCCCCCC(=O)OCCCCCCCCCCCCCC/C=C\CCCCCCCCCCC(=O)NC(CO)C(O)CCCCCCCCCCCCCCCCCCCCCCCC. The van der Waals surface area contributed by atoms with Gasteiger partial charge in [-0.1, -0.05) is 353 Å². The van der Waals surface area contributed by atoms with E-state index in [0.29, 0.717) is 25.9 Å². The monoisotopic (exact) mass is 1140 g/mol. The summed E-state index contributed by atoms with van der Waals surface area (Å²) in [5.74, 6) is -0.0241. The molecule has 0 aliphatic rings. The summed E-state index contributed by atoms with van der Waals surface area (Å²) >= 11 is 0. The van der Waals surface area contributed by atoms with Crippen LogP contribution in [0.3, 0.4) is 0 Å². The molecule has 0 saturated heterocycles. The molecule has 0 rings (SSSR count). The van der Waals surface area contributed by atoms with Crippen LogP contribution in [0.2, 0.25) is 0 Å². The van der Waals surface area contributed by atoms with E-state index >= 15 is 0 Å². The average molecular weight is 1140 g/mol. The van der Waals surface area contributed by atoms with E-state index < -0.39 is 12.1 Å². The van der Waals surface area contributed by atoms with Gasteiger partial charge in [-0.25, -0.2) is 0 Å². The number of carbonyl (C=O) groups is 2. The summed E-state index contributed by atoms with van der Waals surface area (Å²) in [6.45, 7) is 4.99. The molecule has 2 atom stereocenters. The highest BCUT2D eigenvalue weighted by atomic mass is 16.5. The first-order valence-corrected chi connectivity index (χ1v) is 37.1. The quantitative estimate of drug-likeness (QED) is 0.0320. The first kappa shape index (κ1) is 79.3. The van der Waals surface area contributed by atoms with Crippen molar-refractivity contribution in [1.29, 1.82) is 0 Å². The van der Waals surface area contributed by atoms with Crippen LogP contribution < -0.4 is 5.32 Å². The Bertz CT molecular complexity index is 1270. The van der Waals surface area contributed by atoms with Crippen LogP contribution in [0.5, 0.6) is 0 Å². The number of esters is 1. The molecule has 0 spiro atoms. The van der Waals surface area contributed by atoms with E-state index in [0.717, 1.165) is 44.9 Å². The summed E-state index contributed by atoms with van der Waals surface area (Å²) in [6, 6.07) is -0.546. The summed E-state index contributed by atoms with van der Waals surface area (Å²) in [7, 11) is 0. The van der Waals surface area contributed by atoms with Gasteiger partial charge in [-0.15, -0.1) is 0 Å². The Labute approximate surface area is 507 Å². The van der Waals surface area contributed by atoms with Gasteiger partial charge in [-0.05, 0) is 77.0 Å². The third kappa shape index (κ3) is 67.3. The Balaban J connectivity index is 3.39. The molecule has 6 nitrogen and oxygen atoms in total. The maximum atomic E-state index is 12.6. The van der Waals surface area contributed by atoms with E-state index in [1.165, 1.54) is 340 Å². The van der Waals surface area contributed by atoms with Gasteiger partial charge in [0.05, 0.1) is 25.4 Å². The first-order valence-electron chi connectivity index (χ1n) is 37.1. The zero-order valence-corrected chi connectivity index (χ0v) is 55.0. The predicted octanol–water partition coefficient (Wildman–Crippen LogP) is 24.1. The Kier molecular flexibility index (Phi) is 69.4. The van der Waals surface area contributed by atoms with Gasteiger partial charge in [0.25, 0.3) is 0 Å². The van der Waals surface area contributed by atoms with Crippen molar-refractivity contribution in [3.63, 3.8) is 0 Å². The fourth-order valence-electron chi connectivity index (χ4n) is 11.8. The molecule has 0 aromatic heterocycles. The van der Waals surface area contributed by atoms with Gasteiger partial charge < -0.3 is 20.3 Å². The standard InChI is InChI=1S/C75H145NO5/c1-3-5-7-9-11-13-15-17-19-21-23-24-29-32-35-39-43-47-51-55-59-63-67-73(78)72(71-77)76-74(79)68-64-60-56-52-48-44-40-36-33-30-27-25-26-28-31-34-38-42-46-50-54-58-62-66-70-81-75(80)69-65-61-57-53-49-45-41-37-22-20-18-16-14-12-10-8-6-4-2/h20,22,27,30,72-73,77-78H,3-19,21,23-26,28-29,31-71H2,1-2H3,(H,76,79)/b22-20-,30-27-. The molecule has 0 aliphatic carbocycles. The molecular formula is C75H145NO5. The Hall–Kier alpha value is -1.66. The number of aliphatic hydroxyl groups is 2. The molecule has 1 amide bonds. The molecule has 0 aliphatic heterocycles. The van der Waals surface area contributed by atoms with Crippen LogP contribution in [-0.4, -0.2) is 47.4 Å². The average Bonchev–Trinajstić information content (AvgIpc) is 3.47. The third-order valence-electron chi connectivity index (χ3n) is 17.5. The molecular weight excluding hydrogens is 995 g/mol. The van der Waals surface area contributed by atoms with E-state index in [2.05, 4.69) is 43.5 Å². The highest BCUT2D eigenvalue weighted by molar-refractivity contribution is 5.76. The number of hydrogen-bond acceptors (Lipinski definition) is 5. The van der Waals surface area contributed by atoms with E-state index in [-0.39, 0.29) is 18.5 Å². The lowest BCUT2D eigenvalue weighted by atomic mass is 10.0. The molecule has 0 aromatic rings. The summed E-state index contributed by atoms with van der Waals surface area (Å²) in [4.78, 5) is 24.7. The van der Waals surface area contributed by atoms with Crippen molar-refractivity contribution in [3.05, 3.63) is 24.3 Å². The number of rotatable bonds is 70. The topological polar surface area (TPSA) is 95.9 Å². The summed E-state index contributed by atoms with van der Waals surface area (Å²) in [5, 5.41) is 23.4. The second kappa shape index (κ2) is 70.8. The molecule has 0 radical (unpaired) electrons. The van der Waals surface area contributed by atoms with Crippen molar-refractivity contribution < 1.29 is 24.5 Å². The number of aliphatic hydroxyl groups excluding tert-OH is 2. The van der Waals surface area contributed by atoms with E-state index in [1.54, 1.807) is 0 Å². The molecule has 3 N–H and O–H groups in total. The predicted molar refractivity (Wildman–Crippen MR) is 356 cm³/mol. The maximum absolute atomic E-state index is 12.6. The number of amides is 1. The minimum absolute atomic E-state index is 0.0107. The van der Waals surface area contributed by atoms with Gasteiger partial charge in [-0.3, -0.25) is 9.59 Å². The van der Waals surface area contributed by atoms with Gasteiger partial charge in [0, 0.05) is 12.8 Å². The first-order chi connectivity index (χ1) is 40.0. The third-order valence-corrected chi connectivity index (χ3v) is 17.5. The van der Waals surface area contributed by atoms with Gasteiger partial charge in [0.2, 0.25) is 5.91 Å². The smallest absolute Gasteiger partial charge is 0.305 e. The lowest BCUT2D eigenvalue weighted by molar-refractivity contribution is -0.143. The Morgan fingerprint density at radius 1 is 0.333 bits per heavy atom. The highest BCUT2D eigenvalue weighted by Gasteiger charge is 2.20. The van der Waals surface area contributed by atoms with E-state index in [1.807, 2.05) is 0 Å². The van der Waals surface area contributed by atoms with Crippen LogP contribution in [0.25, 0.3) is 0 Å². The van der Waals surface area contributed by atoms with Crippen LogP contribution >= 0.6 is 0 Å². The molecule has 0 heterocycles. The molecule has 480 valence electrons. The second-order valence-electron chi connectivity index (χ2n) is 25.6. The maximum Gasteiger partial charge on any atom is 0.305 e. The zero-order chi connectivity index (χ0) is 58.5. The number of unbranched alkanes of at least 4 members (excludes halogenated alkanes) is 55. The van der Waals surface area contributed by atoms with Crippen molar-refractivity contribution in [3.8, 4) is 0 Å². The summed E-state index contributed by atoms with van der Waals surface area (Å²) < 4.78 is 5.50. The van der Waals surface area contributed by atoms with Crippen molar-refractivity contribution in [2.45, 2.75) is 431 Å². The number of allylic oxidation sites excluding steroid dienone is 4. The molecule has 6 heteroatoms. The van der Waals surface area contributed by atoms with Crippen LogP contribution in [0.15, 0.2) is 24.3 Å². The molecule has 2 unspecified atom stereocenters. The lowest BCUT2D eigenvalue weighted by Gasteiger charge is -2.22. The molecule has 0 aromatic carbocycles. The Morgan fingerprint density at radius 3 is 0.877 bits per heavy atom. The fraction of sp³-hybridized carbons (Fsp3) is 0.920.